The molecule has 0 radical (unpaired) electrons. The van der Waals surface area contributed by atoms with Crippen molar-refractivity contribution in [1.82, 2.24) is 5.32 Å². The lowest BCUT2D eigenvalue weighted by Crippen LogP contribution is -2.65. The standard InChI is InChI=1S/C14H25NO10/c1-5(18)15-10-12(21)13(8(4-17)24-14(10)22)25-9-2-6(19)11(20)7(3-16)23-9/h6-14,16-17,19-22H,2-4H2,1H3,(H,15,18)/t6-,7-,8-,9+,10+,11-,12-,13-,14+/m1/s1. The van der Waals surface area contributed by atoms with Crippen LogP contribution in [0.3, 0.4) is 0 Å². The fourth-order valence-electron chi connectivity index (χ4n) is 2.97. The minimum absolute atomic E-state index is 0.146. The molecule has 1 amide bonds. The van der Waals surface area contributed by atoms with Crippen molar-refractivity contribution in [2.75, 3.05) is 13.2 Å². The Hall–Kier alpha value is -0.890. The molecule has 2 rings (SSSR count). The number of aliphatic hydroxyl groups is 6. The minimum Gasteiger partial charge on any atom is -0.394 e. The van der Waals surface area contributed by atoms with Crippen LogP contribution >= 0.6 is 0 Å². The van der Waals surface area contributed by atoms with E-state index in [9.17, 15) is 35.4 Å². The van der Waals surface area contributed by atoms with Crippen LogP contribution in [-0.2, 0) is 19.0 Å². The zero-order valence-electron chi connectivity index (χ0n) is 13.6. The lowest BCUT2D eigenvalue weighted by Gasteiger charge is -2.45. The summed E-state index contributed by atoms with van der Waals surface area (Å²) >= 11 is 0. The largest absolute Gasteiger partial charge is 0.394 e. The van der Waals surface area contributed by atoms with Gasteiger partial charge in [-0.3, -0.25) is 4.79 Å². The van der Waals surface area contributed by atoms with E-state index in [2.05, 4.69) is 5.32 Å². The Bertz CT molecular complexity index is 451. The van der Waals surface area contributed by atoms with Gasteiger partial charge in [-0.15, -0.1) is 0 Å². The molecule has 2 fully saturated rings. The molecular weight excluding hydrogens is 342 g/mol. The molecule has 2 heterocycles. The number of aliphatic hydroxyl groups excluding tert-OH is 6. The van der Waals surface area contributed by atoms with E-state index in [0.717, 1.165) is 0 Å². The summed E-state index contributed by atoms with van der Waals surface area (Å²) in [5, 5.41) is 60.7. The Balaban J connectivity index is 2.10. The van der Waals surface area contributed by atoms with E-state index in [1.165, 1.54) is 6.92 Å². The third-order valence-corrected chi connectivity index (χ3v) is 4.27. The maximum Gasteiger partial charge on any atom is 0.217 e. The number of hydrogen-bond donors (Lipinski definition) is 7. The van der Waals surface area contributed by atoms with Crippen LogP contribution in [0.2, 0.25) is 0 Å². The van der Waals surface area contributed by atoms with E-state index in [0.29, 0.717) is 0 Å². The van der Waals surface area contributed by atoms with Crippen LogP contribution in [0.15, 0.2) is 0 Å². The lowest BCUT2D eigenvalue weighted by molar-refractivity contribution is -0.321. The second-order valence-corrected chi connectivity index (χ2v) is 6.15. The molecule has 0 aromatic rings. The van der Waals surface area contributed by atoms with Crippen LogP contribution in [0.25, 0.3) is 0 Å². The number of ether oxygens (including phenoxy) is 3. The molecule has 146 valence electrons. The predicted octanol–water partition coefficient (Wildman–Crippen LogP) is -4.22. The maximum absolute atomic E-state index is 11.2. The smallest absolute Gasteiger partial charge is 0.217 e. The Morgan fingerprint density at radius 3 is 2.28 bits per heavy atom. The summed E-state index contributed by atoms with van der Waals surface area (Å²) in [4.78, 5) is 11.2. The normalized spacial score (nSPS) is 45.2. The fraction of sp³-hybridized carbons (Fsp3) is 0.929. The summed E-state index contributed by atoms with van der Waals surface area (Å²) < 4.78 is 16.0. The minimum atomic E-state index is -1.55. The quantitative estimate of drug-likeness (QED) is 0.252. The molecule has 0 spiro atoms. The highest BCUT2D eigenvalue weighted by molar-refractivity contribution is 5.73. The Morgan fingerprint density at radius 1 is 1.08 bits per heavy atom. The van der Waals surface area contributed by atoms with Crippen molar-refractivity contribution in [2.24, 2.45) is 0 Å². The van der Waals surface area contributed by atoms with Gasteiger partial charge in [-0.2, -0.15) is 0 Å². The van der Waals surface area contributed by atoms with Crippen molar-refractivity contribution in [3.05, 3.63) is 0 Å². The van der Waals surface area contributed by atoms with Crippen molar-refractivity contribution in [2.45, 2.75) is 68.6 Å². The molecule has 0 bridgehead atoms. The highest BCUT2D eigenvalue weighted by Gasteiger charge is 2.48. The second-order valence-electron chi connectivity index (χ2n) is 6.15. The Kier molecular flexibility index (Phi) is 7.08. The van der Waals surface area contributed by atoms with Crippen LogP contribution in [-0.4, -0.2) is 105 Å². The maximum atomic E-state index is 11.2. The van der Waals surface area contributed by atoms with Crippen LogP contribution in [0.1, 0.15) is 13.3 Å². The average Bonchev–Trinajstić information content (AvgIpc) is 2.56. The van der Waals surface area contributed by atoms with Gasteiger partial charge >= 0.3 is 0 Å². The van der Waals surface area contributed by atoms with Crippen LogP contribution in [0, 0.1) is 0 Å². The molecule has 2 aliphatic heterocycles. The molecular formula is C14H25NO10. The first kappa shape index (κ1) is 20.4. The number of carbonyl (C=O) groups excluding carboxylic acids is 1. The molecule has 0 aromatic heterocycles. The SMILES string of the molecule is CC(=O)N[C@H]1[C@@H](O)[C@H](O[C@H]2C[C@@H](O)[C@@H](O)[C@@H](CO)O2)[C@@H](CO)O[C@@H]1O. The molecule has 9 atom stereocenters. The molecule has 0 unspecified atom stereocenters. The van der Waals surface area contributed by atoms with Crippen molar-refractivity contribution in [1.29, 1.82) is 0 Å². The molecule has 2 saturated heterocycles. The summed E-state index contributed by atoms with van der Waals surface area (Å²) in [6.45, 7) is 0.0483. The molecule has 0 saturated carbocycles. The zero-order chi connectivity index (χ0) is 18.7. The zero-order valence-corrected chi connectivity index (χ0v) is 13.6. The van der Waals surface area contributed by atoms with Crippen LogP contribution in [0.5, 0.6) is 0 Å². The van der Waals surface area contributed by atoms with E-state index < -0.39 is 74.4 Å². The summed E-state index contributed by atoms with van der Waals surface area (Å²) in [6.07, 6.45) is -10.2. The summed E-state index contributed by atoms with van der Waals surface area (Å²) in [6, 6.07) is -1.20. The van der Waals surface area contributed by atoms with E-state index in [4.69, 9.17) is 14.2 Å². The first-order valence-electron chi connectivity index (χ1n) is 7.96. The third kappa shape index (κ3) is 4.64. The Labute approximate surface area is 143 Å². The van der Waals surface area contributed by atoms with Gasteiger partial charge in [0.25, 0.3) is 0 Å². The monoisotopic (exact) mass is 367 g/mol. The number of carbonyl (C=O) groups is 1. The highest BCUT2D eigenvalue weighted by atomic mass is 16.7. The molecule has 2 aliphatic rings. The number of rotatable bonds is 5. The molecule has 25 heavy (non-hydrogen) atoms. The second kappa shape index (κ2) is 8.66. The van der Waals surface area contributed by atoms with Gasteiger partial charge in [-0.1, -0.05) is 0 Å². The number of hydrogen-bond acceptors (Lipinski definition) is 10. The number of nitrogens with one attached hydrogen (secondary N) is 1. The molecule has 11 heteroatoms. The summed E-state index contributed by atoms with van der Waals surface area (Å²) in [5.74, 6) is -0.513. The van der Waals surface area contributed by atoms with Gasteiger partial charge in [0.2, 0.25) is 5.91 Å². The van der Waals surface area contributed by atoms with Gasteiger partial charge in [-0.05, 0) is 0 Å². The van der Waals surface area contributed by atoms with Crippen LogP contribution < -0.4 is 5.32 Å². The lowest BCUT2D eigenvalue weighted by atomic mass is 9.96. The molecule has 7 N–H and O–H groups in total. The number of amides is 1. The van der Waals surface area contributed by atoms with Gasteiger partial charge in [0.15, 0.2) is 12.6 Å². The van der Waals surface area contributed by atoms with Gasteiger partial charge in [-0.25, -0.2) is 0 Å². The van der Waals surface area contributed by atoms with Gasteiger partial charge < -0.3 is 50.2 Å². The fourth-order valence-corrected chi connectivity index (χ4v) is 2.97. The van der Waals surface area contributed by atoms with Crippen molar-refractivity contribution < 1.29 is 49.6 Å². The highest BCUT2D eigenvalue weighted by Crippen LogP contribution is 2.28. The van der Waals surface area contributed by atoms with Crippen molar-refractivity contribution in [3.63, 3.8) is 0 Å². The summed E-state index contributed by atoms with van der Waals surface area (Å²) in [5.41, 5.74) is 0. The van der Waals surface area contributed by atoms with E-state index >= 15 is 0 Å². The van der Waals surface area contributed by atoms with Crippen LogP contribution in [0.4, 0.5) is 0 Å². The topological polar surface area (TPSA) is 178 Å². The molecule has 0 aliphatic carbocycles. The first-order valence-corrected chi connectivity index (χ1v) is 7.96. The first-order chi connectivity index (χ1) is 11.8. The molecule has 11 nitrogen and oxygen atoms in total. The summed E-state index contributed by atoms with van der Waals surface area (Å²) in [7, 11) is 0. The van der Waals surface area contributed by atoms with Gasteiger partial charge in [0, 0.05) is 13.3 Å². The van der Waals surface area contributed by atoms with E-state index in [1.807, 2.05) is 0 Å². The average molecular weight is 367 g/mol. The predicted molar refractivity (Wildman–Crippen MR) is 78.8 cm³/mol. The Morgan fingerprint density at radius 2 is 1.72 bits per heavy atom. The molecule has 0 aromatic carbocycles. The van der Waals surface area contributed by atoms with E-state index in [-0.39, 0.29) is 6.42 Å². The van der Waals surface area contributed by atoms with Crippen molar-refractivity contribution in [3.8, 4) is 0 Å². The van der Waals surface area contributed by atoms with Crippen molar-refractivity contribution >= 4 is 5.91 Å². The van der Waals surface area contributed by atoms with E-state index in [1.54, 1.807) is 0 Å². The van der Waals surface area contributed by atoms with Gasteiger partial charge in [0.1, 0.15) is 36.6 Å². The third-order valence-electron chi connectivity index (χ3n) is 4.27. The van der Waals surface area contributed by atoms with Gasteiger partial charge in [0.05, 0.1) is 19.3 Å².